The minimum absolute atomic E-state index is 0.0609. The molecule has 7 nitrogen and oxygen atoms in total. The van der Waals surface area contributed by atoms with Crippen LogP contribution in [0.4, 0.5) is 24.7 Å². The minimum atomic E-state index is -4.46. The van der Waals surface area contributed by atoms with Crippen LogP contribution in [0.3, 0.4) is 0 Å². The lowest BCUT2D eigenvalue weighted by molar-refractivity contribution is -0.141. The zero-order chi connectivity index (χ0) is 21.6. The third kappa shape index (κ3) is 3.90. The summed E-state index contributed by atoms with van der Waals surface area (Å²) in [5.74, 6) is 2.00. The first-order chi connectivity index (χ1) is 14.1. The number of alkyl halides is 3. The van der Waals surface area contributed by atoms with Crippen LogP contribution in [-0.2, 0) is 17.4 Å². The van der Waals surface area contributed by atoms with E-state index in [1.165, 1.54) is 6.07 Å². The fourth-order valence-corrected chi connectivity index (χ4v) is 3.70. The summed E-state index contributed by atoms with van der Waals surface area (Å²) in [7, 11) is 1.84. The normalized spacial score (nSPS) is 23.5. The Morgan fingerprint density at radius 1 is 1.27 bits per heavy atom. The highest BCUT2D eigenvalue weighted by Crippen LogP contribution is 2.36. The maximum absolute atomic E-state index is 12.6. The molecule has 1 saturated carbocycles. The molecule has 10 heteroatoms. The average molecular weight is 421 g/mol. The van der Waals surface area contributed by atoms with Crippen molar-refractivity contribution in [2.24, 2.45) is 5.92 Å². The molecule has 2 aliphatic rings. The summed E-state index contributed by atoms with van der Waals surface area (Å²) < 4.78 is 43.4. The number of ether oxygens (including phenoxy) is 1. The molecular formula is C20H22F3N5O2. The van der Waals surface area contributed by atoms with Crippen molar-refractivity contribution in [2.75, 3.05) is 17.3 Å². The van der Waals surface area contributed by atoms with Gasteiger partial charge in [-0.15, -0.1) is 0 Å². The van der Waals surface area contributed by atoms with Crippen molar-refractivity contribution in [3.8, 4) is 5.75 Å². The van der Waals surface area contributed by atoms with Crippen LogP contribution in [0.5, 0.6) is 5.75 Å². The molecule has 1 amide bonds. The molecule has 0 radical (unpaired) electrons. The Balaban J connectivity index is 1.35. The number of hydrogen-bond donors (Lipinski definition) is 1. The Morgan fingerprint density at radius 2 is 2.00 bits per heavy atom. The lowest BCUT2D eigenvalue weighted by Gasteiger charge is -2.36. The van der Waals surface area contributed by atoms with Gasteiger partial charge in [0.2, 0.25) is 5.91 Å². The van der Waals surface area contributed by atoms with Crippen LogP contribution in [0.25, 0.3) is 0 Å². The second kappa shape index (κ2) is 7.41. The number of carbonyl (C=O) groups is 1. The molecule has 0 aromatic carbocycles. The van der Waals surface area contributed by atoms with Crippen LogP contribution in [0.15, 0.2) is 18.3 Å². The fourth-order valence-electron chi connectivity index (χ4n) is 3.70. The summed E-state index contributed by atoms with van der Waals surface area (Å²) in [6, 6.07) is 1.91. The monoisotopic (exact) mass is 421 g/mol. The molecular weight excluding hydrogens is 399 g/mol. The average Bonchev–Trinajstić information content (AvgIpc) is 2.65. The summed E-state index contributed by atoms with van der Waals surface area (Å²) in [5.41, 5.74) is 0.441. The third-order valence-corrected chi connectivity index (χ3v) is 5.65. The minimum Gasteiger partial charge on any atom is -0.489 e. The number of fused-ring (bicyclic) bond motifs is 1. The quantitative estimate of drug-likeness (QED) is 0.815. The van der Waals surface area contributed by atoms with Crippen molar-refractivity contribution < 1.29 is 22.7 Å². The van der Waals surface area contributed by atoms with Gasteiger partial charge in [0.05, 0.1) is 18.0 Å². The number of rotatable bonds is 4. The van der Waals surface area contributed by atoms with Crippen LogP contribution in [0.2, 0.25) is 0 Å². The molecule has 0 spiro atoms. The molecule has 4 rings (SSSR count). The van der Waals surface area contributed by atoms with Gasteiger partial charge in [-0.05, 0) is 44.7 Å². The van der Waals surface area contributed by atoms with E-state index in [1.54, 1.807) is 0 Å². The Labute approximate surface area is 171 Å². The molecule has 1 N–H and O–H groups in total. The van der Waals surface area contributed by atoms with E-state index in [0.717, 1.165) is 30.8 Å². The SMILES string of the molecule is Cc1nc(CC2CC(Oc3ccc(C(F)(F)F)nc3)C2)nc2c1NC(=O)[C@H](C)N2C. The summed E-state index contributed by atoms with van der Waals surface area (Å²) in [6.45, 7) is 3.66. The van der Waals surface area contributed by atoms with E-state index in [-0.39, 0.29) is 18.1 Å². The number of nitrogens with one attached hydrogen (secondary N) is 1. The molecule has 3 heterocycles. The number of carbonyl (C=O) groups excluding carboxylic acids is 1. The third-order valence-electron chi connectivity index (χ3n) is 5.65. The van der Waals surface area contributed by atoms with Crippen molar-refractivity contribution in [3.63, 3.8) is 0 Å². The van der Waals surface area contributed by atoms with Gasteiger partial charge in [0.1, 0.15) is 29.0 Å². The van der Waals surface area contributed by atoms with Gasteiger partial charge in [-0.3, -0.25) is 4.79 Å². The molecule has 160 valence electrons. The number of amides is 1. The second-order valence-corrected chi connectivity index (χ2v) is 7.86. The lowest BCUT2D eigenvalue weighted by Crippen LogP contribution is -2.45. The van der Waals surface area contributed by atoms with E-state index >= 15 is 0 Å². The Bertz CT molecular complexity index is 958. The Hall–Kier alpha value is -2.91. The first-order valence-corrected chi connectivity index (χ1v) is 9.73. The van der Waals surface area contributed by atoms with E-state index in [9.17, 15) is 18.0 Å². The predicted molar refractivity (Wildman–Crippen MR) is 103 cm³/mol. The number of hydrogen-bond acceptors (Lipinski definition) is 6. The van der Waals surface area contributed by atoms with Gasteiger partial charge in [0, 0.05) is 13.5 Å². The maximum Gasteiger partial charge on any atom is 0.433 e. The zero-order valence-electron chi connectivity index (χ0n) is 16.8. The van der Waals surface area contributed by atoms with Gasteiger partial charge in [-0.1, -0.05) is 0 Å². The van der Waals surface area contributed by atoms with Crippen LogP contribution in [0, 0.1) is 12.8 Å². The van der Waals surface area contributed by atoms with Crippen molar-refractivity contribution in [2.45, 2.75) is 51.4 Å². The predicted octanol–water partition coefficient (Wildman–Crippen LogP) is 3.38. The van der Waals surface area contributed by atoms with E-state index in [2.05, 4.69) is 20.3 Å². The van der Waals surface area contributed by atoms with Crippen molar-refractivity contribution in [1.29, 1.82) is 0 Å². The number of aryl methyl sites for hydroxylation is 1. The first kappa shape index (κ1) is 20.4. The van der Waals surface area contributed by atoms with E-state index in [4.69, 9.17) is 4.74 Å². The Morgan fingerprint density at radius 3 is 2.63 bits per heavy atom. The Kier molecular flexibility index (Phi) is 5.03. The maximum atomic E-state index is 12.6. The topological polar surface area (TPSA) is 80.2 Å². The van der Waals surface area contributed by atoms with Crippen LogP contribution >= 0.6 is 0 Å². The summed E-state index contributed by atoms with van der Waals surface area (Å²) in [4.78, 5) is 26.4. The number of nitrogens with zero attached hydrogens (tertiary/aromatic N) is 4. The number of aromatic nitrogens is 3. The molecule has 2 aromatic rings. The number of pyridine rings is 1. The largest absolute Gasteiger partial charge is 0.489 e. The number of halogens is 3. The van der Waals surface area contributed by atoms with Crippen LogP contribution < -0.4 is 15.0 Å². The van der Waals surface area contributed by atoms with Crippen LogP contribution in [-0.4, -0.2) is 40.1 Å². The van der Waals surface area contributed by atoms with Crippen molar-refractivity contribution in [1.82, 2.24) is 15.0 Å². The molecule has 0 saturated heterocycles. The lowest BCUT2D eigenvalue weighted by atomic mass is 9.80. The highest BCUT2D eigenvalue weighted by molar-refractivity contribution is 6.02. The smallest absolute Gasteiger partial charge is 0.433 e. The van der Waals surface area contributed by atoms with Gasteiger partial charge in [-0.25, -0.2) is 15.0 Å². The van der Waals surface area contributed by atoms with Gasteiger partial charge in [0.25, 0.3) is 0 Å². The summed E-state index contributed by atoms with van der Waals surface area (Å²) in [6.07, 6.45) is -1.20. The fraction of sp³-hybridized carbons (Fsp3) is 0.500. The molecule has 2 aromatic heterocycles. The molecule has 1 atom stereocenters. The van der Waals surface area contributed by atoms with Crippen molar-refractivity contribution in [3.05, 3.63) is 35.5 Å². The first-order valence-electron chi connectivity index (χ1n) is 9.73. The van der Waals surface area contributed by atoms with Gasteiger partial charge >= 0.3 is 6.18 Å². The number of anilines is 2. The van der Waals surface area contributed by atoms with E-state index in [1.807, 2.05) is 25.8 Å². The second-order valence-electron chi connectivity index (χ2n) is 7.86. The molecule has 1 fully saturated rings. The van der Waals surface area contributed by atoms with Crippen molar-refractivity contribution >= 4 is 17.4 Å². The van der Waals surface area contributed by atoms with Gasteiger partial charge < -0.3 is 15.0 Å². The molecule has 1 aliphatic carbocycles. The molecule has 0 bridgehead atoms. The number of likely N-dealkylation sites (N-methyl/N-ethyl adjacent to an activating group) is 1. The standard InChI is InChI=1S/C20H22F3N5O2/c1-10-17-18(28(3)11(2)19(29)27-17)26-16(25-10)8-12-6-14(7-12)30-13-4-5-15(24-9-13)20(21,22)23/h4-5,9,11-12,14H,6-8H2,1-3H3,(H,27,29)/t11-,12?,14?/m0/s1. The highest BCUT2D eigenvalue weighted by Gasteiger charge is 2.35. The van der Waals surface area contributed by atoms with Gasteiger partial charge in [-0.2, -0.15) is 13.2 Å². The molecule has 1 aliphatic heterocycles. The van der Waals surface area contributed by atoms with E-state index in [0.29, 0.717) is 35.4 Å². The van der Waals surface area contributed by atoms with Gasteiger partial charge in [0.15, 0.2) is 5.82 Å². The van der Waals surface area contributed by atoms with Crippen LogP contribution in [0.1, 0.15) is 37.0 Å². The highest BCUT2D eigenvalue weighted by atomic mass is 19.4. The zero-order valence-corrected chi connectivity index (χ0v) is 16.8. The van der Waals surface area contributed by atoms with E-state index < -0.39 is 11.9 Å². The summed E-state index contributed by atoms with van der Waals surface area (Å²) >= 11 is 0. The summed E-state index contributed by atoms with van der Waals surface area (Å²) in [5, 5.41) is 2.86. The molecule has 30 heavy (non-hydrogen) atoms. The molecule has 0 unspecified atom stereocenters.